The van der Waals surface area contributed by atoms with Crippen molar-refractivity contribution in [2.75, 3.05) is 46.2 Å². The lowest BCUT2D eigenvalue weighted by Gasteiger charge is -2.14. The number of nitrogens with one attached hydrogen (secondary N) is 1. The number of hydrogen-bond donors (Lipinski definition) is 6. The van der Waals surface area contributed by atoms with E-state index >= 15 is 0 Å². The highest BCUT2D eigenvalue weighted by Gasteiger charge is 2.33. The summed E-state index contributed by atoms with van der Waals surface area (Å²) in [5.74, 6) is 0.467. The number of halogens is 12. The lowest BCUT2D eigenvalue weighted by atomic mass is 10.2. The molecule has 390 valence electrons. The number of fused-ring (bicyclic) bond motifs is 2. The van der Waals surface area contributed by atoms with Crippen LogP contribution in [0.5, 0.6) is 11.5 Å². The van der Waals surface area contributed by atoms with Gasteiger partial charge in [0, 0.05) is 54.6 Å². The molecule has 19 nitrogen and oxygen atoms in total. The first-order valence-electron chi connectivity index (χ1n) is 20.4. The monoisotopic (exact) mass is 1150 g/mol. The number of carbonyl (C=O) groups excluding carboxylic acids is 1. The number of alkyl halides is 6. The third-order valence-corrected chi connectivity index (χ3v) is 11.3. The van der Waals surface area contributed by atoms with Crippen LogP contribution in [-0.4, -0.2) is 124 Å². The van der Waals surface area contributed by atoms with Crippen LogP contribution in [0.3, 0.4) is 0 Å². The maximum atomic E-state index is 13.1. The molecule has 8 aromatic rings. The molecule has 0 aliphatic carbocycles. The minimum absolute atomic E-state index is 0.0583. The second kappa shape index (κ2) is 24.7. The fourth-order valence-corrected chi connectivity index (χ4v) is 7.34. The largest absolute Gasteiger partial charge is 0.491 e. The molecule has 2 aromatic carbocycles. The first kappa shape index (κ1) is 56.7. The van der Waals surface area contributed by atoms with Gasteiger partial charge >= 0.3 is 12.4 Å². The normalized spacial score (nSPS) is 11.8. The van der Waals surface area contributed by atoms with Crippen molar-refractivity contribution < 1.29 is 70.1 Å². The second-order valence-corrected chi connectivity index (χ2v) is 17.1. The number of hydrogen-bond acceptors (Lipinski definition) is 17. The number of ether oxygens (including phenoxy) is 2. The smallest absolute Gasteiger partial charge is 0.417 e. The molecule has 0 spiro atoms. The highest BCUT2D eigenvalue weighted by Crippen LogP contribution is 2.39. The van der Waals surface area contributed by atoms with Gasteiger partial charge in [-0.25, -0.2) is 9.97 Å². The summed E-state index contributed by atoms with van der Waals surface area (Å²) < 4.78 is 102. The summed E-state index contributed by atoms with van der Waals surface area (Å²) in [5, 5.41) is 45.1. The average molecular weight is 1150 g/mol. The number of nitrogens with zero attached hydrogens (tertiary/aromatic N) is 8. The van der Waals surface area contributed by atoms with Crippen molar-refractivity contribution >= 4 is 87.2 Å². The van der Waals surface area contributed by atoms with E-state index in [1.807, 2.05) is 0 Å². The Kier molecular flexibility index (Phi) is 19.2. The summed E-state index contributed by atoms with van der Waals surface area (Å²) in [6, 6.07) is 6.41. The van der Waals surface area contributed by atoms with Gasteiger partial charge in [0.1, 0.15) is 36.1 Å². The van der Waals surface area contributed by atoms with Gasteiger partial charge in [-0.3, -0.25) is 4.79 Å². The number of aromatic nitrogens is 8. The molecule has 7 N–H and O–H groups in total. The van der Waals surface area contributed by atoms with E-state index in [1.54, 1.807) is 0 Å². The molecule has 0 atom stereocenters. The van der Waals surface area contributed by atoms with Gasteiger partial charge in [-0.15, -0.1) is 0 Å². The van der Waals surface area contributed by atoms with Crippen LogP contribution in [0.1, 0.15) is 11.1 Å². The number of rotatable bonds is 16. The van der Waals surface area contributed by atoms with Gasteiger partial charge in [0.25, 0.3) is 11.8 Å². The van der Waals surface area contributed by atoms with Crippen LogP contribution in [0.4, 0.5) is 26.3 Å². The molecular weight excluding hydrogens is 1120 g/mol. The number of carbonyl (C=O) groups is 1. The molecule has 0 unspecified atom stereocenters. The minimum Gasteiger partial charge on any atom is -0.491 e. The molecule has 0 aliphatic rings. The Hall–Kier alpha value is -5.55. The predicted octanol–water partition coefficient (Wildman–Crippen LogP) is 8.26. The number of pyridine rings is 2. The van der Waals surface area contributed by atoms with Crippen molar-refractivity contribution in [3.05, 3.63) is 102 Å². The van der Waals surface area contributed by atoms with E-state index in [1.165, 1.54) is 36.7 Å². The third kappa shape index (κ3) is 14.2. The van der Waals surface area contributed by atoms with Gasteiger partial charge in [-0.2, -0.15) is 36.3 Å². The van der Waals surface area contributed by atoms with Gasteiger partial charge in [-0.05, 0) is 24.3 Å². The summed E-state index contributed by atoms with van der Waals surface area (Å²) in [6.45, 7) is -0.405. The molecule has 0 aliphatic heterocycles. The van der Waals surface area contributed by atoms with Gasteiger partial charge in [0.15, 0.2) is 17.6 Å². The molecule has 0 saturated heterocycles. The van der Waals surface area contributed by atoms with Crippen molar-refractivity contribution in [3.63, 3.8) is 0 Å². The zero-order valence-electron chi connectivity index (χ0n) is 36.5. The van der Waals surface area contributed by atoms with E-state index in [9.17, 15) is 31.1 Å². The van der Waals surface area contributed by atoms with E-state index in [2.05, 4.69) is 35.6 Å². The Morgan fingerprint density at radius 1 is 0.616 bits per heavy atom. The standard InChI is InChI=1S/C21H17Cl3F3N5O4.C18H8Cl3F3N4O3.C3H9NO2/c22-13-5-17(35-2-1-28-11(8-33)9-34)14(23)4-12(13)18-30-20(36-31-18)16-7-32-6-10(21(25,26)27)3-15(24)19(32)29-16;19-10-5-14(30-2-1-29)11(20)4-9(10)15-26-17(31-27-15)13-7-28-6-8(18(22,23)24)3-12(21)16(28)25-13;4-3(1-5)2-6/h3-7,11,28,33-34H,1-2,8-9H2;1,3-7H,2H2;3,5-6H,1-2,4H2. The molecule has 0 radical (unpaired) electrons. The first-order valence-corrected chi connectivity index (χ1v) is 22.6. The van der Waals surface area contributed by atoms with E-state index in [0.29, 0.717) is 24.0 Å². The van der Waals surface area contributed by atoms with E-state index in [0.717, 1.165) is 33.3 Å². The average Bonchev–Trinajstić information content (AvgIpc) is 4.19. The maximum absolute atomic E-state index is 13.1. The fraction of sp³-hybridized carbons (Fsp3) is 0.262. The molecule has 0 amide bonds. The van der Waals surface area contributed by atoms with Crippen molar-refractivity contribution in [1.82, 2.24) is 44.4 Å². The number of benzene rings is 2. The Balaban J connectivity index is 0.000000216. The first-order chi connectivity index (χ1) is 34.6. The number of aliphatic hydroxyl groups excluding tert-OH is 4. The Morgan fingerprint density at radius 2 is 1.05 bits per heavy atom. The van der Waals surface area contributed by atoms with Crippen LogP contribution in [0.2, 0.25) is 30.1 Å². The minimum atomic E-state index is -4.58. The summed E-state index contributed by atoms with van der Waals surface area (Å²) in [6.07, 6.45) is -4.33. The highest BCUT2D eigenvalue weighted by atomic mass is 35.5. The van der Waals surface area contributed by atoms with Crippen molar-refractivity contribution in [2.24, 2.45) is 5.73 Å². The molecule has 31 heteroatoms. The lowest BCUT2D eigenvalue weighted by Crippen LogP contribution is -2.38. The van der Waals surface area contributed by atoms with Crippen LogP contribution in [-0.2, 0) is 17.1 Å². The summed E-state index contributed by atoms with van der Waals surface area (Å²) in [7, 11) is 0. The highest BCUT2D eigenvalue weighted by molar-refractivity contribution is 6.37. The number of aliphatic hydroxyl groups is 4. The SMILES string of the molecule is NC(CO)CO.O=CCOc1cc(Cl)c(-c2noc(-c3cn4cc(C(F)(F)F)cc(Cl)c4n3)n2)cc1Cl.OCC(CO)NCCOc1cc(Cl)c(-c2noc(-c3cn4cc(C(F)(F)F)cc(Cl)c4n3)n2)cc1Cl. The summed E-state index contributed by atoms with van der Waals surface area (Å²) in [4.78, 5) is 27.2. The van der Waals surface area contributed by atoms with Gasteiger partial charge in [-0.1, -0.05) is 79.9 Å². The second-order valence-electron chi connectivity index (χ2n) is 14.7. The molecule has 0 bridgehead atoms. The Bertz CT molecular complexity index is 3190. The number of imidazole rings is 2. The molecular formula is C42H34Cl6F6N10O9. The molecule has 73 heavy (non-hydrogen) atoms. The summed E-state index contributed by atoms with van der Waals surface area (Å²) >= 11 is 36.9. The number of aldehydes is 1. The van der Waals surface area contributed by atoms with E-state index < -0.39 is 35.6 Å². The molecule has 6 heterocycles. The molecule has 0 saturated carbocycles. The quantitative estimate of drug-likeness (QED) is 0.0302. The van der Waals surface area contributed by atoms with Gasteiger partial charge < -0.3 is 58.8 Å². The maximum Gasteiger partial charge on any atom is 0.417 e. The zero-order chi connectivity index (χ0) is 53.4. The molecule has 0 fully saturated rings. The van der Waals surface area contributed by atoms with Crippen molar-refractivity contribution in [1.29, 1.82) is 0 Å². The Morgan fingerprint density at radius 3 is 1.44 bits per heavy atom. The van der Waals surface area contributed by atoms with Crippen molar-refractivity contribution in [2.45, 2.75) is 24.4 Å². The Labute approximate surface area is 435 Å². The van der Waals surface area contributed by atoms with E-state index in [4.69, 9.17) is 114 Å². The zero-order valence-corrected chi connectivity index (χ0v) is 41.0. The third-order valence-electron chi connectivity index (χ3n) is 9.49. The fourth-order valence-electron chi connectivity index (χ4n) is 5.92. The number of nitrogens with two attached hydrogens (primary N) is 1. The van der Waals surface area contributed by atoms with Crippen LogP contribution in [0.25, 0.3) is 57.2 Å². The van der Waals surface area contributed by atoms with E-state index in [-0.39, 0.29) is 127 Å². The van der Waals surface area contributed by atoms with Crippen LogP contribution >= 0.6 is 69.6 Å². The van der Waals surface area contributed by atoms with Crippen LogP contribution in [0.15, 0.2) is 70.2 Å². The topological polar surface area (TPSA) is 267 Å². The van der Waals surface area contributed by atoms with Crippen molar-refractivity contribution in [3.8, 4) is 57.4 Å². The molecule has 8 rings (SSSR count). The predicted molar refractivity (Wildman–Crippen MR) is 253 cm³/mol. The van der Waals surface area contributed by atoms with Crippen LogP contribution in [0, 0.1) is 0 Å². The van der Waals surface area contributed by atoms with Crippen LogP contribution < -0.4 is 20.5 Å². The van der Waals surface area contributed by atoms with Gasteiger partial charge in [0.05, 0.1) is 79.8 Å². The molecule has 6 aromatic heterocycles. The van der Waals surface area contributed by atoms with Gasteiger partial charge in [0.2, 0.25) is 11.6 Å². The summed E-state index contributed by atoms with van der Waals surface area (Å²) in [5.41, 5.74) is 4.12. The lowest BCUT2D eigenvalue weighted by molar-refractivity contribution is -0.138.